The number of nitrogens with one attached hydrogen (secondary N) is 10. The Labute approximate surface area is 506 Å². The zero-order chi connectivity index (χ0) is 67.5. The van der Waals surface area contributed by atoms with Gasteiger partial charge in [-0.3, -0.25) is 81.7 Å². The first kappa shape index (κ1) is 76.3. The lowest BCUT2D eigenvalue weighted by Crippen LogP contribution is -2.60. The lowest BCUT2D eigenvalue weighted by atomic mass is 10.0. The number of carboxylic acid groups (broad SMARTS) is 2. The Morgan fingerprint density at radius 3 is 1.15 bits per heavy atom. The number of carbonyl (C=O) groups excluding carboxylic acids is 15. The molecule has 0 aliphatic rings. The van der Waals surface area contributed by atoms with Crippen molar-refractivity contribution in [1.29, 1.82) is 0 Å². The number of nitrogens with zero attached hydrogens (tertiary/aromatic N) is 1. The van der Waals surface area contributed by atoms with Gasteiger partial charge in [0.05, 0.1) is 32.1 Å². The molecule has 89 heavy (non-hydrogen) atoms. The van der Waals surface area contributed by atoms with Crippen LogP contribution < -0.4 is 99.0 Å². The minimum atomic E-state index is -1.84. The molecular weight excluding hydrogens is 1190 g/mol. The maximum atomic E-state index is 14.2. The van der Waals surface area contributed by atoms with Crippen molar-refractivity contribution in [3.63, 3.8) is 0 Å². The predicted molar refractivity (Wildman–Crippen MR) is 304 cm³/mol. The minimum Gasteiger partial charge on any atom is -0.508 e. The number of hydrogen-bond donors (Lipinski definition) is 21. The van der Waals surface area contributed by atoms with Gasteiger partial charge >= 0.3 is 11.9 Å². The minimum absolute atomic E-state index is 0.0340. The third kappa shape index (κ3) is 33.5. The van der Waals surface area contributed by atoms with Gasteiger partial charge in [0, 0.05) is 45.1 Å². The lowest BCUT2D eigenvalue weighted by molar-refractivity contribution is -0.147. The fraction of sp³-hybridized carbons (Fsp3) is 0.520. The second kappa shape index (κ2) is 39.8. The summed E-state index contributed by atoms with van der Waals surface area (Å²) < 4.78 is 0. The summed E-state index contributed by atoms with van der Waals surface area (Å²) in [4.78, 5) is 219. The molecule has 0 unspecified atom stereocenters. The van der Waals surface area contributed by atoms with Crippen molar-refractivity contribution in [2.24, 2.45) is 50.9 Å². The van der Waals surface area contributed by atoms with Crippen molar-refractivity contribution in [2.75, 3.05) is 26.2 Å². The van der Waals surface area contributed by atoms with Gasteiger partial charge in [0.2, 0.25) is 88.6 Å². The van der Waals surface area contributed by atoms with E-state index in [0.29, 0.717) is 5.56 Å². The van der Waals surface area contributed by atoms with Crippen LogP contribution >= 0.6 is 0 Å². The molecule has 8 atom stereocenters. The second-order valence-corrected chi connectivity index (χ2v) is 19.6. The standard InChI is InChI=1S/C50H77N19O20/c51-25(7-12-33(52)71)42(81)65-27(8-13-34(53)72)45(84)66-28(9-14-35(54)73)46(85)67-29(10-15-36(55)74)47(86)68-30(11-16-37(56)75)48(87)69-31(18-23-3-5-24(70)6-4-23)44(83)61-20-38(76)60-21-39(77)63-26(2-1-17-59-50(57)58)43(82)62-22-40(78)64-32(49(88)89)19-41(79)80/h3-6,25-32,70H,1-2,7-22,51H2,(H2,52,71)(H2,53,72)(H2,54,73)(H2,55,74)(H2,56,75)(H,60,76)(H,61,83)(H,62,82)(H,63,77)(H,64,78)(H,65,81)(H,66,84)(H,67,85)(H,68,86)(H,69,87)(H,79,80)(H,88,89)(H4,57,58,59)/t25-,26-,27-,28-,29-,30-,31-,32-/m0/s1. The number of phenols is 1. The van der Waals surface area contributed by atoms with Crippen LogP contribution in [0.4, 0.5) is 0 Å². The van der Waals surface area contributed by atoms with Crippen LogP contribution in [0.1, 0.15) is 89.0 Å². The zero-order valence-corrected chi connectivity index (χ0v) is 48.0. The summed E-state index contributed by atoms with van der Waals surface area (Å²) in [7, 11) is 0. The molecule has 1 aromatic carbocycles. The van der Waals surface area contributed by atoms with Crippen LogP contribution in [0.15, 0.2) is 29.3 Å². The third-order valence-electron chi connectivity index (χ3n) is 12.2. The van der Waals surface area contributed by atoms with E-state index in [-0.39, 0.29) is 50.4 Å². The molecule has 15 amide bonds. The number of aliphatic imine (C=N–C) groups is 1. The van der Waals surface area contributed by atoms with Crippen LogP contribution in [0.5, 0.6) is 5.75 Å². The normalized spacial score (nSPS) is 13.3. The molecule has 1 rings (SSSR count). The molecule has 0 saturated carbocycles. The van der Waals surface area contributed by atoms with Crippen LogP contribution in [0.3, 0.4) is 0 Å². The molecule has 0 saturated heterocycles. The summed E-state index contributed by atoms with van der Waals surface area (Å²) >= 11 is 0. The summed E-state index contributed by atoms with van der Waals surface area (Å²) in [5.41, 5.74) is 43.2. The number of aliphatic carboxylic acids is 2. The van der Waals surface area contributed by atoms with E-state index in [0.717, 1.165) is 0 Å². The van der Waals surface area contributed by atoms with E-state index in [9.17, 15) is 91.7 Å². The Morgan fingerprint density at radius 2 is 0.753 bits per heavy atom. The average molecular weight is 1260 g/mol. The van der Waals surface area contributed by atoms with Crippen molar-refractivity contribution >= 4 is 107 Å². The first-order valence-corrected chi connectivity index (χ1v) is 27.0. The Balaban J connectivity index is 3.44. The number of rotatable bonds is 44. The number of hydrogen-bond acceptors (Lipinski definition) is 20. The van der Waals surface area contributed by atoms with Crippen molar-refractivity contribution in [3.05, 3.63) is 29.8 Å². The predicted octanol–water partition coefficient (Wildman–Crippen LogP) is -11.1. The summed E-state index contributed by atoms with van der Waals surface area (Å²) in [6.07, 6.45) is -6.54. The quantitative estimate of drug-likeness (QED) is 0.0164. The number of carboxylic acids is 2. The SMILES string of the molecule is NC(=O)CC[C@H](NC(=O)[C@H](CCC(N)=O)NC(=O)[C@H](CCC(N)=O)NC(=O)[C@H](CCC(N)=O)NC(=O)[C@@H](N)CCC(N)=O)C(=O)N[C@@H](Cc1ccc(O)cc1)C(=O)NCC(=O)NCC(=O)N[C@@H](CCCN=C(N)N)C(=O)NCC(=O)N[C@@H](CC(=O)O)C(=O)O. The fourth-order valence-electron chi connectivity index (χ4n) is 7.56. The number of nitrogens with two attached hydrogens (primary N) is 8. The first-order chi connectivity index (χ1) is 41.7. The highest BCUT2D eigenvalue weighted by Gasteiger charge is 2.34. The molecule has 0 aliphatic carbocycles. The number of guanidine groups is 1. The van der Waals surface area contributed by atoms with Gasteiger partial charge in [-0.1, -0.05) is 12.1 Å². The molecule has 0 heterocycles. The number of phenolic OH excluding ortho intramolecular Hbond substituents is 1. The summed E-state index contributed by atoms with van der Waals surface area (Å²) in [5, 5.41) is 50.4. The van der Waals surface area contributed by atoms with Gasteiger partial charge in [0.15, 0.2) is 5.96 Å². The molecule has 0 aliphatic heterocycles. The number of benzene rings is 1. The van der Waals surface area contributed by atoms with Crippen molar-refractivity contribution in [2.45, 2.75) is 138 Å². The van der Waals surface area contributed by atoms with Crippen molar-refractivity contribution in [3.8, 4) is 5.75 Å². The summed E-state index contributed by atoms with van der Waals surface area (Å²) in [6, 6.07) is -8.20. The monoisotopic (exact) mass is 1260 g/mol. The van der Waals surface area contributed by atoms with E-state index in [1.54, 1.807) is 0 Å². The zero-order valence-electron chi connectivity index (χ0n) is 48.0. The van der Waals surface area contributed by atoms with E-state index in [1.807, 2.05) is 5.32 Å². The maximum Gasteiger partial charge on any atom is 0.326 e. The molecule has 0 aromatic heterocycles. The van der Waals surface area contributed by atoms with E-state index >= 15 is 0 Å². The lowest BCUT2D eigenvalue weighted by Gasteiger charge is -2.27. The summed E-state index contributed by atoms with van der Waals surface area (Å²) in [5.74, 6) is -19.4. The Morgan fingerprint density at radius 1 is 0.404 bits per heavy atom. The van der Waals surface area contributed by atoms with E-state index in [2.05, 4.69) is 52.8 Å². The van der Waals surface area contributed by atoms with Gasteiger partial charge < -0.3 is 114 Å². The van der Waals surface area contributed by atoms with Gasteiger partial charge in [0.25, 0.3) is 0 Å². The van der Waals surface area contributed by atoms with Crippen LogP contribution in [0, 0.1) is 0 Å². The maximum absolute atomic E-state index is 14.2. The molecule has 492 valence electrons. The van der Waals surface area contributed by atoms with E-state index < -0.39 is 226 Å². The van der Waals surface area contributed by atoms with Gasteiger partial charge in [0.1, 0.15) is 48.0 Å². The van der Waals surface area contributed by atoms with Crippen LogP contribution in [-0.2, 0) is 87.9 Å². The third-order valence-corrected chi connectivity index (χ3v) is 12.2. The number of carbonyl (C=O) groups is 17. The highest BCUT2D eigenvalue weighted by atomic mass is 16.4. The van der Waals surface area contributed by atoms with E-state index in [1.165, 1.54) is 24.3 Å². The highest BCUT2D eigenvalue weighted by molar-refractivity contribution is 5.99. The van der Waals surface area contributed by atoms with Crippen molar-refractivity contribution in [1.82, 2.24) is 53.2 Å². The molecule has 0 radical (unpaired) electrons. The molecule has 39 nitrogen and oxygen atoms in total. The molecular formula is C50H77N19O20. The molecule has 29 N–H and O–H groups in total. The smallest absolute Gasteiger partial charge is 0.326 e. The second-order valence-electron chi connectivity index (χ2n) is 19.6. The average Bonchev–Trinajstić information content (AvgIpc) is 3.23. The largest absolute Gasteiger partial charge is 0.508 e. The Bertz CT molecular complexity index is 2780. The Hall–Kier alpha value is -10.8. The molecule has 0 fully saturated rings. The van der Waals surface area contributed by atoms with E-state index in [4.69, 9.17) is 51.0 Å². The van der Waals surface area contributed by atoms with Gasteiger partial charge in [-0.25, -0.2) is 4.79 Å². The van der Waals surface area contributed by atoms with Crippen LogP contribution in [0.25, 0.3) is 0 Å². The molecule has 1 aromatic rings. The van der Waals surface area contributed by atoms with Crippen molar-refractivity contribution < 1.29 is 96.8 Å². The topological polar surface area (TPSA) is 692 Å². The van der Waals surface area contributed by atoms with Crippen LogP contribution in [-0.4, -0.2) is 196 Å². The number of aromatic hydroxyl groups is 1. The molecule has 0 spiro atoms. The highest BCUT2D eigenvalue weighted by Crippen LogP contribution is 2.13. The van der Waals surface area contributed by atoms with Gasteiger partial charge in [-0.15, -0.1) is 0 Å². The Kier molecular flexibility index (Phi) is 34.1. The van der Waals surface area contributed by atoms with Gasteiger partial charge in [-0.05, 0) is 62.6 Å². The summed E-state index contributed by atoms with van der Waals surface area (Å²) in [6.45, 7) is -2.62. The fourth-order valence-corrected chi connectivity index (χ4v) is 7.56. The first-order valence-electron chi connectivity index (χ1n) is 27.0. The van der Waals surface area contributed by atoms with Crippen LogP contribution in [0.2, 0.25) is 0 Å². The molecule has 39 heteroatoms. The number of primary amides is 5. The van der Waals surface area contributed by atoms with Gasteiger partial charge in [-0.2, -0.15) is 0 Å². The number of amides is 15. The molecule has 0 bridgehead atoms.